The molecule has 4 aromatic rings. The van der Waals surface area contributed by atoms with Crippen LogP contribution in [0.15, 0.2) is 59.4 Å². The summed E-state index contributed by atoms with van der Waals surface area (Å²) in [7, 11) is 0. The van der Waals surface area contributed by atoms with E-state index >= 15 is 0 Å². The molecule has 162 valence electrons. The molecule has 0 spiro atoms. The van der Waals surface area contributed by atoms with Crippen molar-refractivity contribution in [1.82, 2.24) is 25.0 Å². The molecule has 0 radical (unpaired) electrons. The fourth-order valence-corrected chi connectivity index (χ4v) is 3.59. The average molecular weight is 449 g/mol. The minimum Gasteiger partial charge on any atom is -0.321 e. The number of H-pyrrole nitrogens is 1. The Hall–Kier alpha value is -3.78. The average Bonchev–Trinajstić information content (AvgIpc) is 3.17. The van der Waals surface area contributed by atoms with E-state index in [1.807, 2.05) is 25.1 Å². The van der Waals surface area contributed by atoms with Gasteiger partial charge in [-0.05, 0) is 43.7 Å². The molecule has 2 aromatic carbocycles. The number of benzene rings is 2. The summed E-state index contributed by atoms with van der Waals surface area (Å²) in [5.74, 6) is 0.0641. The van der Waals surface area contributed by atoms with Gasteiger partial charge < -0.3 is 10.3 Å². The molecule has 2 aromatic heterocycles. The Kier molecular flexibility index (Phi) is 6.13. The van der Waals surface area contributed by atoms with Crippen LogP contribution in [-0.4, -0.2) is 30.9 Å². The Bertz CT molecular complexity index is 1340. The molecular formula is C23H21ClN6O2. The summed E-state index contributed by atoms with van der Waals surface area (Å²) < 4.78 is 1.64. The summed E-state index contributed by atoms with van der Waals surface area (Å²) in [4.78, 5) is 31.9. The van der Waals surface area contributed by atoms with E-state index in [0.29, 0.717) is 39.9 Å². The quantitative estimate of drug-likeness (QED) is 0.460. The molecule has 0 atom stereocenters. The van der Waals surface area contributed by atoms with Gasteiger partial charge >= 0.3 is 0 Å². The largest absolute Gasteiger partial charge is 0.321 e. The van der Waals surface area contributed by atoms with E-state index in [-0.39, 0.29) is 17.2 Å². The zero-order valence-corrected chi connectivity index (χ0v) is 18.3. The summed E-state index contributed by atoms with van der Waals surface area (Å²) >= 11 is 6.12. The molecular weight excluding hydrogens is 428 g/mol. The number of carbonyl (C=O) groups is 1. The maximum Gasteiger partial charge on any atom is 0.278 e. The Morgan fingerprint density at radius 3 is 2.72 bits per heavy atom. The van der Waals surface area contributed by atoms with Gasteiger partial charge in [0.1, 0.15) is 5.82 Å². The summed E-state index contributed by atoms with van der Waals surface area (Å²) in [5.41, 5.74) is 3.30. The zero-order valence-electron chi connectivity index (χ0n) is 17.6. The number of hydrogen-bond acceptors (Lipinski definition) is 5. The molecule has 1 amide bonds. The number of nitrogens with one attached hydrogen (secondary N) is 2. The fourth-order valence-electron chi connectivity index (χ4n) is 3.40. The Labute approximate surface area is 189 Å². The van der Waals surface area contributed by atoms with Crippen LogP contribution >= 0.6 is 11.6 Å². The molecule has 0 fully saturated rings. The van der Waals surface area contributed by atoms with Gasteiger partial charge in [-0.25, -0.2) is 9.67 Å². The zero-order chi connectivity index (χ0) is 22.7. The van der Waals surface area contributed by atoms with Crippen LogP contribution in [0.2, 0.25) is 5.02 Å². The first-order chi connectivity index (χ1) is 15.4. The maximum absolute atomic E-state index is 13.1. The molecule has 0 saturated heterocycles. The van der Waals surface area contributed by atoms with E-state index in [2.05, 4.69) is 25.6 Å². The molecule has 9 heteroatoms. The molecule has 2 heterocycles. The van der Waals surface area contributed by atoms with Crippen molar-refractivity contribution in [1.29, 1.82) is 0 Å². The van der Waals surface area contributed by atoms with E-state index in [4.69, 9.17) is 11.6 Å². The van der Waals surface area contributed by atoms with Crippen molar-refractivity contribution in [2.45, 2.75) is 26.7 Å². The summed E-state index contributed by atoms with van der Waals surface area (Å²) in [5, 5.41) is 11.8. The molecule has 0 aliphatic rings. The lowest BCUT2D eigenvalue weighted by Gasteiger charge is -2.09. The van der Waals surface area contributed by atoms with Crippen LogP contribution in [0.3, 0.4) is 0 Å². The lowest BCUT2D eigenvalue weighted by Crippen LogP contribution is -2.16. The van der Waals surface area contributed by atoms with Crippen LogP contribution < -0.4 is 10.9 Å². The third-order valence-corrected chi connectivity index (χ3v) is 5.02. The Balaban J connectivity index is 1.64. The molecule has 8 nitrogen and oxygen atoms in total. The number of aromatic nitrogens is 5. The van der Waals surface area contributed by atoms with Gasteiger partial charge in [-0.15, -0.1) is 5.10 Å². The van der Waals surface area contributed by atoms with Crippen LogP contribution in [-0.2, 0) is 6.42 Å². The highest BCUT2D eigenvalue weighted by atomic mass is 35.5. The van der Waals surface area contributed by atoms with E-state index in [1.165, 1.54) is 6.07 Å². The topological polar surface area (TPSA) is 106 Å². The molecule has 0 aliphatic carbocycles. The van der Waals surface area contributed by atoms with Gasteiger partial charge in [-0.1, -0.05) is 48.4 Å². The van der Waals surface area contributed by atoms with Crippen molar-refractivity contribution in [3.05, 3.63) is 87.1 Å². The summed E-state index contributed by atoms with van der Waals surface area (Å²) in [6.45, 7) is 3.78. The number of carbonyl (C=O) groups excluding carboxylic acids is 1. The number of halogens is 1. The highest BCUT2D eigenvalue weighted by Gasteiger charge is 2.20. The van der Waals surface area contributed by atoms with Gasteiger partial charge in [0.25, 0.3) is 11.5 Å². The van der Waals surface area contributed by atoms with Crippen LogP contribution in [0.25, 0.3) is 17.1 Å². The lowest BCUT2D eigenvalue weighted by atomic mass is 10.1. The van der Waals surface area contributed by atoms with Crippen molar-refractivity contribution in [2.24, 2.45) is 0 Å². The minimum atomic E-state index is -0.371. The molecule has 0 aliphatic heterocycles. The first-order valence-electron chi connectivity index (χ1n) is 10.1. The van der Waals surface area contributed by atoms with Gasteiger partial charge in [0, 0.05) is 28.0 Å². The summed E-state index contributed by atoms with van der Waals surface area (Å²) in [6.07, 6.45) is 1.44. The standard InChI is InChI=1S/C23H21ClN6O2/c1-3-6-19-21(28-29-30(19)18-10-5-8-16(24)13-18)23(32)26-17-9-4-7-15(12-17)22-25-14(2)11-20(31)27-22/h4-5,7-13H,3,6H2,1-2H3,(H,26,32)(H,25,27,31). The maximum atomic E-state index is 13.1. The van der Waals surface area contributed by atoms with Crippen molar-refractivity contribution in [2.75, 3.05) is 5.32 Å². The number of rotatable bonds is 6. The number of nitrogens with zero attached hydrogens (tertiary/aromatic N) is 4. The van der Waals surface area contributed by atoms with Crippen molar-refractivity contribution < 1.29 is 4.79 Å². The highest BCUT2D eigenvalue weighted by Crippen LogP contribution is 2.22. The monoisotopic (exact) mass is 448 g/mol. The van der Waals surface area contributed by atoms with Gasteiger partial charge in [0.15, 0.2) is 5.69 Å². The van der Waals surface area contributed by atoms with E-state index < -0.39 is 0 Å². The Morgan fingerprint density at radius 1 is 1.16 bits per heavy atom. The van der Waals surface area contributed by atoms with E-state index in [0.717, 1.165) is 12.1 Å². The number of anilines is 1. The fraction of sp³-hybridized carbons (Fsp3) is 0.174. The number of hydrogen-bond donors (Lipinski definition) is 2. The normalized spacial score (nSPS) is 10.8. The van der Waals surface area contributed by atoms with Gasteiger partial charge in [-0.3, -0.25) is 9.59 Å². The van der Waals surface area contributed by atoms with Gasteiger partial charge in [0.05, 0.1) is 11.4 Å². The predicted octanol–water partition coefficient (Wildman–Crippen LogP) is 4.18. The number of aryl methyl sites for hydroxylation is 1. The van der Waals surface area contributed by atoms with Gasteiger partial charge in [0.2, 0.25) is 0 Å². The van der Waals surface area contributed by atoms with Crippen LogP contribution in [0.5, 0.6) is 0 Å². The minimum absolute atomic E-state index is 0.233. The van der Waals surface area contributed by atoms with Gasteiger partial charge in [-0.2, -0.15) is 0 Å². The third-order valence-electron chi connectivity index (χ3n) is 4.78. The molecule has 0 saturated carbocycles. The number of amides is 1. The van der Waals surface area contributed by atoms with Crippen molar-refractivity contribution in [3.8, 4) is 17.1 Å². The second kappa shape index (κ2) is 9.15. The smallest absolute Gasteiger partial charge is 0.278 e. The molecule has 32 heavy (non-hydrogen) atoms. The molecule has 2 N–H and O–H groups in total. The number of aromatic amines is 1. The van der Waals surface area contributed by atoms with Crippen LogP contribution in [0.4, 0.5) is 5.69 Å². The lowest BCUT2D eigenvalue weighted by molar-refractivity contribution is 0.102. The summed E-state index contributed by atoms with van der Waals surface area (Å²) in [6, 6.07) is 15.8. The highest BCUT2D eigenvalue weighted by molar-refractivity contribution is 6.30. The van der Waals surface area contributed by atoms with Crippen LogP contribution in [0.1, 0.15) is 35.2 Å². The SMILES string of the molecule is CCCc1c(C(=O)Nc2cccc(-c3nc(C)cc(=O)[nH]3)c2)nnn1-c1cccc(Cl)c1. The second-order valence-corrected chi connectivity index (χ2v) is 7.73. The third kappa shape index (κ3) is 4.60. The predicted molar refractivity (Wildman–Crippen MR) is 123 cm³/mol. The first-order valence-corrected chi connectivity index (χ1v) is 10.5. The second-order valence-electron chi connectivity index (χ2n) is 7.30. The Morgan fingerprint density at radius 2 is 1.97 bits per heavy atom. The van der Waals surface area contributed by atoms with Crippen molar-refractivity contribution in [3.63, 3.8) is 0 Å². The van der Waals surface area contributed by atoms with Crippen LogP contribution in [0, 0.1) is 6.92 Å². The van der Waals surface area contributed by atoms with Crippen molar-refractivity contribution >= 4 is 23.2 Å². The molecule has 0 bridgehead atoms. The molecule has 0 unspecified atom stereocenters. The van der Waals surface area contributed by atoms with E-state index in [1.54, 1.807) is 41.9 Å². The molecule has 4 rings (SSSR count). The van der Waals surface area contributed by atoms with E-state index in [9.17, 15) is 9.59 Å². The first kappa shape index (κ1) is 21.5.